The summed E-state index contributed by atoms with van der Waals surface area (Å²) in [6.45, 7) is 1.70. The minimum absolute atomic E-state index is 0.108. The molecule has 0 aromatic heterocycles. The van der Waals surface area contributed by atoms with Gasteiger partial charge in [0.15, 0.2) is 0 Å². The van der Waals surface area contributed by atoms with Crippen molar-refractivity contribution in [2.45, 2.75) is 18.2 Å². The molecular weight excluding hydrogens is 275 g/mol. The Bertz CT molecular complexity index is 587. The van der Waals surface area contributed by atoms with Gasteiger partial charge in [0.25, 0.3) is 0 Å². The molecule has 0 aliphatic heterocycles. The van der Waals surface area contributed by atoms with Gasteiger partial charge in [0.1, 0.15) is 5.82 Å². The van der Waals surface area contributed by atoms with Gasteiger partial charge in [-0.25, -0.2) is 22.3 Å². The number of halogens is 1. The molecule has 106 valence electrons. The number of sulfonamides is 1. The summed E-state index contributed by atoms with van der Waals surface area (Å²) in [5.41, 5.74) is 4.71. The second-order valence-electron chi connectivity index (χ2n) is 3.93. The van der Waals surface area contributed by atoms with E-state index in [0.29, 0.717) is 13.0 Å². The lowest BCUT2D eigenvalue weighted by molar-refractivity contribution is 0.0696. The van der Waals surface area contributed by atoms with Crippen molar-refractivity contribution in [3.8, 4) is 0 Å². The van der Waals surface area contributed by atoms with Gasteiger partial charge < -0.3 is 10.8 Å². The first kappa shape index (κ1) is 15.5. The lowest BCUT2D eigenvalue weighted by Gasteiger charge is -2.10. The molecule has 1 aromatic carbocycles. The van der Waals surface area contributed by atoms with Crippen LogP contribution in [-0.2, 0) is 10.0 Å². The number of carboxylic acids is 1. The molecule has 0 radical (unpaired) electrons. The van der Waals surface area contributed by atoms with E-state index in [1.54, 1.807) is 0 Å². The predicted octanol–water partition coefficient (Wildman–Crippen LogP) is 0.459. The third-order valence-corrected chi connectivity index (χ3v) is 4.09. The van der Waals surface area contributed by atoms with Crippen molar-refractivity contribution in [3.63, 3.8) is 0 Å². The van der Waals surface area contributed by atoms with Crippen molar-refractivity contribution >= 4 is 16.0 Å². The SMILES string of the molecule is Cc1c(F)cc(C(=O)O)cc1S(=O)(=O)NCCCN. The average Bonchev–Trinajstić information content (AvgIpc) is 2.32. The highest BCUT2D eigenvalue weighted by molar-refractivity contribution is 7.89. The molecule has 0 amide bonds. The van der Waals surface area contributed by atoms with E-state index in [0.717, 1.165) is 12.1 Å². The van der Waals surface area contributed by atoms with Crippen molar-refractivity contribution in [1.29, 1.82) is 0 Å². The summed E-state index contributed by atoms with van der Waals surface area (Å²) < 4.78 is 39.7. The Hall–Kier alpha value is -1.51. The van der Waals surface area contributed by atoms with E-state index in [1.807, 2.05) is 0 Å². The van der Waals surface area contributed by atoms with E-state index >= 15 is 0 Å². The average molecular weight is 290 g/mol. The van der Waals surface area contributed by atoms with E-state index in [9.17, 15) is 17.6 Å². The lowest BCUT2D eigenvalue weighted by Crippen LogP contribution is -2.27. The summed E-state index contributed by atoms with van der Waals surface area (Å²) in [5, 5.41) is 8.81. The monoisotopic (exact) mass is 290 g/mol. The minimum atomic E-state index is -3.95. The molecule has 8 heteroatoms. The fourth-order valence-corrected chi connectivity index (χ4v) is 2.79. The molecule has 4 N–H and O–H groups in total. The lowest BCUT2D eigenvalue weighted by atomic mass is 10.1. The van der Waals surface area contributed by atoms with Crippen LogP contribution in [0.2, 0.25) is 0 Å². The molecule has 1 rings (SSSR count). The van der Waals surface area contributed by atoms with E-state index in [2.05, 4.69) is 4.72 Å². The summed E-state index contributed by atoms with van der Waals surface area (Å²) in [7, 11) is -3.95. The van der Waals surface area contributed by atoms with Crippen LogP contribution in [-0.4, -0.2) is 32.6 Å². The summed E-state index contributed by atoms with van der Waals surface area (Å²) in [6, 6.07) is 1.72. The highest BCUT2D eigenvalue weighted by Crippen LogP contribution is 2.20. The smallest absolute Gasteiger partial charge is 0.335 e. The normalized spacial score (nSPS) is 11.5. The Balaban J connectivity index is 3.21. The Morgan fingerprint density at radius 3 is 2.63 bits per heavy atom. The number of hydrogen-bond donors (Lipinski definition) is 3. The molecule has 0 saturated carbocycles. The molecule has 6 nitrogen and oxygen atoms in total. The summed E-state index contributed by atoms with van der Waals surface area (Å²) in [6.07, 6.45) is 0.430. The second kappa shape index (κ2) is 6.09. The maximum atomic E-state index is 13.5. The number of nitrogens with two attached hydrogens (primary N) is 1. The molecule has 0 spiro atoms. The van der Waals surface area contributed by atoms with Crippen LogP contribution in [0.3, 0.4) is 0 Å². The van der Waals surface area contributed by atoms with E-state index in [1.165, 1.54) is 6.92 Å². The molecule has 0 unspecified atom stereocenters. The summed E-state index contributed by atoms with van der Waals surface area (Å²) >= 11 is 0. The van der Waals surface area contributed by atoms with Crippen LogP contribution in [0.15, 0.2) is 17.0 Å². The van der Waals surface area contributed by atoms with Crippen LogP contribution in [0.25, 0.3) is 0 Å². The highest BCUT2D eigenvalue weighted by Gasteiger charge is 2.21. The number of carboxylic acid groups (broad SMARTS) is 1. The predicted molar refractivity (Wildman–Crippen MR) is 67.0 cm³/mol. The molecule has 0 fully saturated rings. The standard InChI is InChI=1S/C11H15FN2O4S/c1-7-9(12)5-8(11(15)16)6-10(7)19(17,18)14-4-2-3-13/h5-6,14H,2-4,13H2,1H3,(H,15,16). The van der Waals surface area contributed by atoms with Crippen molar-refractivity contribution in [2.75, 3.05) is 13.1 Å². The van der Waals surface area contributed by atoms with Gasteiger partial charge >= 0.3 is 5.97 Å². The Kier molecular flexibility index (Phi) is 4.98. The largest absolute Gasteiger partial charge is 0.478 e. The van der Waals surface area contributed by atoms with Crippen molar-refractivity contribution < 1.29 is 22.7 Å². The molecular formula is C11H15FN2O4S. The quantitative estimate of drug-likeness (QED) is 0.659. The third-order valence-electron chi connectivity index (χ3n) is 2.51. The second-order valence-corrected chi connectivity index (χ2v) is 5.66. The first-order chi connectivity index (χ1) is 8.79. The number of nitrogens with one attached hydrogen (secondary N) is 1. The topological polar surface area (TPSA) is 109 Å². The number of aromatic carboxylic acids is 1. The Morgan fingerprint density at radius 2 is 2.11 bits per heavy atom. The summed E-state index contributed by atoms with van der Waals surface area (Å²) in [4.78, 5) is 10.4. The van der Waals surface area contributed by atoms with Crippen molar-refractivity contribution in [3.05, 3.63) is 29.1 Å². The fourth-order valence-electron chi connectivity index (χ4n) is 1.44. The Labute approximate surface area is 110 Å². The van der Waals surface area contributed by atoms with Crippen LogP contribution in [0.4, 0.5) is 4.39 Å². The molecule has 1 aromatic rings. The van der Waals surface area contributed by atoms with Gasteiger partial charge in [-0.15, -0.1) is 0 Å². The maximum absolute atomic E-state index is 13.5. The van der Waals surface area contributed by atoms with Gasteiger partial charge in [0.2, 0.25) is 10.0 Å². The van der Waals surface area contributed by atoms with Crippen molar-refractivity contribution in [2.24, 2.45) is 5.73 Å². The fraction of sp³-hybridized carbons (Fsp3) is 0.364. The number of carbonyl (C=O) groups is 1. The molecule has 0 aliphatic rings. The van der Waals surface area contributed by atoms with Crippen LogP contribution in [0.1, 0.15) is 22.3 Å². The number of rotatable bonds is 6. The third kappa shape index (κ3) is 3.72. The molecule has 0 atom stereocenters. The van der Waals surface area contributed by atoms with Gasteiger partial charge in [0.05, 0.1) is 10.5 Å². The molecule has 0 heterocycles. The van der Waals surface area contributed by atoms with Gasteiger partial charge in [-0.3, -0.25) is 0 Å². The highest BCUT2D eigenvalue weighted by atomic mass is 32.2. The van der Waals surface area contributed by atoms with Crippen LogP contribution in [0.5, 0.6) is 0 Å². The van der Waals surface area contributed by atoms with Gasteiger partial charge in [-0.1, -0.05) is 0 Å². The van der Waals surface area contributed by atoms with Crippen LogP contribution < -0.4 is 10.5 Å². The molecule has 19 heavy (non-hydrogen) atoms. The Morgan fingerprint density at radius 1 is 1.47 bits per heavy atom. The zero-order valence-electron chi connectivity index (χ0n) is 10.3. The zero-order valence-corrected chi connectivity index (χ0v) is 11.1. The van der Waals surface area contributed by atoms with E-state index in [-0.39, 0.29) is 17.0 Å². The number of benzene rings is 1. The minimum Gasteiger partial charge on any atom is -0.478 e. The first-order valence-corrected chi connectivity index (χ1v) is 7.01. The molecule has 0 aliphatic carbocycles. The zero-order chi connectivity index (χ0) is 14.6. The van der Waals surface area contributed by atoms with E-state index in [4.69, 9.17) is 10.8 Å². The summed E-state index contributed by atoms with van der Waals surface area (Å²) in [5.74, 6) is -2.27. The first-order valence-electron chi connectivity index (χ1n) is 5.52. The number of hydrogen-bond acceptors (Lipinski definition) is 4. The van der Waals surface area contributed by atoms with Gasteiger partial charge in [-0.05, 0) is 32.0 Å². The van der Waals surface area contributed by atoms with Crippen LogP contribution in [0, 0.1) is 12.7 Å². The van der Waals surface area contributed by atoms with Gasteiger partial charge in [-0.2, -0.15) is 0 Å². The van der Waals surface area contributed by atoms with Crippen LogP contribution >= 0.6 is 0 Å². The van der Waals surface area contributed by atoms with Gasteiger partial charge in [0, 0.05) is 12.1 Å². The maximum Gasteiger partial charge on any atom is 0.335 e. The molecule has 0 bridgehead atoms. The van der Waals surface area contributed by atoms with E-state index < -0.39 is 27.4 Å². The molecule has 0 saturated heterocycles. The van der Waals surface area contributed by atoms with Crippen molar-refractivity contribution in [1.82, 2.24) is 4.72 Å².